The van der Waals surface area contributed by atoms with E-state index >= 15 is 0 Å². The standard InChI is InChI=1S/C12H11F2IO6S/c1-3-7-4-10(20-2)9(15)5-8(7)11(16)21-6-12(13,14)22(17,18)19/h3-5H,1,6H2,2H3,(H,17,18,19)/p-1. The van der Waals surface area contributed by atoms with Crippen molar-refractivity contribution in [3.8, 4) is 5.75 Å². The van der Waals surface area contributed by atoms with Crippen molar-refractivity contribution < 1.29 is 36.0 Å². The molecule has 0 saturated carbocycles. The van der Waals surface area contributed by atoms with Gasteiger partial charge in [-0.1, -0.05) is 12.7 Å². The van der Waals surface area contributed by atoms with Crippen molar-refractivity contribution in [1.29, 1.82) is 0 Å². The van der Waals surface area contributed by atoms with E-state index in [-0.39, 0.29) is 11.1 Å². The van der Waals surface area contributed by atoms with E-state index in [0.717, 1.165) is 0 Å². The molecule has 0 heterocycles. The summed E-state index contributed by atoms with van der Waals surface area (Å²) in [6.45, 7) is 1.60. The Morgan fingerprint density at radius 2 is 2.09 bits per heavy atom. The third kappa shape index (κ3) is 4.14. The number of hydrogen-bond acceptors (Lipinski definition) is 6. The highest BCUT2D eigenvalue weighted by atomic mass is 127. The molecule has 0 aliphatic carbocycles. The second-order valence-corrected chi connectivity index (χ2v) is 6.61. The zero-order chi connectivity index (χ0) is 17.1. The molecule has 0 amide bonds. The fraction of sp³-hybridized carbons (Fsp3) is 0.250. The highest BCUT2D eigenvalue weighted by Gasteiger charge is 2.39. The van der Waals surface area contributed by atoms with Gasteiger partial charge in [0.1, 0.15) is 5.75 Å². The van der Waals surface area contributed by atoms with E-state index in [1.165, 1.54) is 25.3 Å². The van der Waals surface area contributed by atoms with Gasteiger partial charge in [-0.25, -0.2) is 13.2 Å². The number of alkyl halides is 2. The largest absolute Gasteiger partial charge is 0.743 e. The summed E-state index contributed by atoms with van der Waals surface area (Å²) in [5, 5.41) is -4.70. The molecule has 1 aromatic rings. The van der Waals surface area contributed by atoms with E-state index < -0.39 is 27.9 Å². The quantitative estimate of drug-likeness (QED) is 0.378. The smallest absolute Gasteiger partial charge is 0.367 e. The maximum Gasteiger partial charge on any atom is 0.367 e. The van der Waals surface area contributed by atoms with Crippen LogP contribution >= 0.6 is 22.6 Å². The first-order valence-corrected chi connectivity index (χ1v) is 8.02. The van der Waals surface area contributed by atoms with Crippen LogP contribution in [0.2, 0.25) is 0 Å². The molecule has 1 rings (SSSR count). The van der Waals surface area contributed by atoms with Gasteiger partial charge in [0, 0.05) is 0 Å². The normalized spacial score (nSPS) is 11.9. The summed E-state index contributed by atoms with van der Waals surface area (Å²) in [4.78, 5) is 11.8. The molecule has 10 heteroatoms. The van der Waals surface area contributed by atoms with Crippen molar-refractivity contribution in [2.24, 2.45) is 0 Å². The number of halogens is 3. The Bertz CT molecular complexity index is 702. The van der Waals surface area contributed by atoms with Gasteiger partial charge in [-0.3, -0.25) is 0 Å². The monoisotopic (exact) mass is 447 g/mol. The third-order valence-electron chi connectivity index (χ3n) is 2.50. The lowest BCUT2D eigenvalue weighted by atomic mass is 10.1. The van der Waals surface area contributed by atoms with Gasteiger partial charge in [-0.15, -0.1) is 0 Å². The number of carbonyl (C=O) groups is 1. The van der Waals surface area contributed by atoms with Gasteiger partial charge in [-0.2, -0.15) is 8.78 Å². The summed E-state index contributed by atoms with van der Waals surface area (Å²) in [7, 11) is -4.51. The minimum atomic E-state index is -5.92. The van der Waals surface area contributed by atoms with Crippen LogP contribution in [0.15, 0.2) is 18.7 Å². The average Bonchev–Trinajstić information content (AvgIpc) is 2.43. The van der Waals surface area contributed by atoms with Crippen molar-refractivity contribution in [2.45, 2.75) is 5.25 Å². The summed E-state index contributed by atoms with van der Waals surface area (Å²) >= 11 is 1.85. The van der Waals surface area contributed by atoms with Gasteiger partial charge in [0.2, 0.25) is 0 Å². The minimum absolute atomic E-state index is 0.112. The summed E-state index contributed by atoms with van der Waals surface area (Å²) < 4.78 is 66.7. The first-order valence-electron chi connectivity index (χ1n) is 5.54. The molecule has 0 N–H and O–H groups in total. The van der Waals surface area contributed by atoms with E-state index in [4.69, 9.17) is 4.74 Å². The van der Waals surface area contributed by atoms with Crippen molar-refractivity contribution in [3.05, 3.63) is 33.4 Å². The van der Waals surface area contributed by atoms with Crippen LogP contribution in [0.25, 0.3) is 6.08 Å². The number of hydrogen-bond donors (Lipinski definition) is 0. The molecular weight excluding hydrogens is 437 g/mol. The lowest BCUT2D eigenvalue weighted by molar-refractivity contribution is -0.00999. The summed E-state index contributed by atoms with van der Waals surface area (Å²) in [6.07, 6.45) is 1.28. The Morgan fingerprint density at radius 3 is 2.55 bits per heavy atom. The number of carbonyl (C=O) groups excluding carboxylic acids is 1. The van der Waals surface area contributed by atoms with Crippen molar-refractivity contribution >= 4 is 44.8 Å². The van der Waals surface area contributed by atoms with Gasteiger partial charge in [-0.05, 0) is 40.3 Å². The van der Waals surface area contributed by atoms with Crippen LogP contribution in [-0.2, 0) is 14.9 Å². The fourth-order valence-electron chi connectivity index (χ4n) is 1.37. The second-order valence-electron chi connectivity index (χ2n) is 3.95. The molecule has 0 aliphatic rings. The molecule has 0 atom stereocenters. The maximum absolute atomic E-state index is 13.0. The molecule has 0 bridgehead atoms. The zero-order valence-electron chi connectivity index (χ0n) is 11.1. The van der Waals surface area contributed by atoms with Crippen LogP contribution in [0, 0.1) is 3.57 Å². The predicted molar refractivity (Wildman–Crippen MR) is 80.7 cm³/mol. The molecule has 0 fully saturated rings. The highest BCUT2D eigenvalue weighted by molar-refractivity contribution is 14.1. The Balaban J connectivity index is 3.05. The van der Waals surface area contributed by atoms with E-state index in [0.29, 0.717) is 9.32 Å². The fourth-order valence-corrected chi connectivity index (χ4v) is 2.26. The molecule has 0 unspecified atom stereocenters. The number of ether oxygens (including phenoxy) is 2. The Morgan fingerprint density at radius 1 is 1.50 bits per heavy atom. The Labute approximate surface area is 139 Å². The number of rotatable bonds is 6. The predicted octanol–water partition coefficient (Wildman–Crippen LogP) is 2.24. The lowest BCUT2D eigenvalue weighted by Crippen LogP contribution is -2.34. The Hall–Kier alpha value is -1.27. The minimum Gasteiger partial charge on any atom is -0.743 e. The van der Waals surface area contributed by atoms with E-state index in [9.17, 15) is 26.5 Å². The first-order chi connectivity index (χ1) is 10.0. The molecule has 0 aromatic heterocycles. The molecule has 1 aromatic carbocycles. The van der Waals surface area contributed by atoms with Gasteiger partial charge < -0.3 is 14.0 Å². The van der Waals surface area contributed by atoms with E-state index in [1.807, 2.05) is 22.6 Å². The van der Waals surface area contributed by atoms with Crippen LogP contribution in [0.4, 0.5) is 8.78 Å². The van der Waals surface area contributed by atoms with Crippen molar-refractivity contribution in [2.75, 3.05) is 13.7 Å². The van der Waals surface area contributed by atoms with Gasteiger partial charge in [0.15, 0.2) is 16.7 Å². The molecular formula is C12H10F2IO6S-. The summed E-state index contributed by atoms with van der Waals surface area (Å²) in [6, 6.07) is 2.75. The Kier molecular flexibility index (Phi) is 5.87. The van der Waals surface area contributed by atoms with Crippen molar-refractivity contribution in [3.63, 3.8) is 0 Å². The number of esters is 1. The molecule has 22 heavy (non-hydrogen) atoms. The number of methoxy groups -OCH3 is 1. The molecule has 6 nitrogen and oxygen atoms in total. The third-order valence-corrected chi connectivity index (χ3v) is 4.19. The average molecular weight is 447 g/mol. The van der Waals surface area contributed by atoms with Gasteiger partial charge in [0.25, 0.3) is 0 Å². The highest BCUT2D eigenvalue weighted by Crippen LogP contribution is 2.27. The molecule has 0 spiro atoms. The van der Waals surface area contributed by atoms with Crippen LogP contribution in [-0.4, -0.2) is 37.9 Å². The molecule has 122 valence electrons. The van der Waals surface area contributed by atoms with Crippen molar-refractivity contribution in [1.82, 2.24) is 0 Å². The topological polar surface area (TPSA) is 92.7 Å². The SMILES string of the molecule is C=Cc1cc(OC)c(I)cc1C(=O)OCC(F)(F)S(=O)(=O)[O-]. The van der Waals surface area contributed by atoms with E-state index in [1.54, 1.807) is 0 Å². The molecule has 0 saturated heterocycles. The number of benzene rings is 1. The zero-order valence-corrected chi connectivity index (χ0v) is 14.1. The van der Waals surface area contributed by atoms with Crippen LogP contribution in [0.5, 0.6) is 5.75 Å². The van der Waals surface area contributed by atoms with E-state index in [2.05, 4.69) is 11.3 Å². The first kappa shape index (κ1) is 18.8. The van der Waals surface area contributed by atoms with Crippen LogP contribution in [0.3, 0.4) is 0 Å². The molecule has 0 radical (unpaired) electrons. The second kappa shape index (κ2) is 6.87. The molecule has 0 aliphatic heterocycles. The maximum atomic E-state index is 13.0. The lowest BCUT2D eigenvalue weighted by Gasteiger charge is -2.19. The van der Waals surface area contributed by atoms with Gasteiger partial charge >= 0.3 is 11.2 Å². The van der Waals surface area contributed by atoms with Crippen LogP contribution < -0.4 is 4.74 Å². The summed E-state index contributed by atoms with van der Waals surface area (Å²) in [5.74, 6) is -0.779. The van der Waals surface area contributed by atoms with Gasteiger partial charge in [0.05, 0.1) is 16.2 Å². The van der Waals surface area contributed by atoms with Crippen LogP contribution in [0.1, 0.15) is 15.9 Å². The summed E-state index contributed by atoms with van der Waals surface area (Å²) in [5.41, 5.74) is 0.134.